The van der Waals surface area contributed by atoms with Crippen LogP contribution >= 0.6 is 11.8 Å². The quantitative estimate of drug-likeness (QED) is 0.678. The summed E-state index contributed by atoms with van der Waals surface area (Å²) in [5.74, 6) is -1.23. The standard InChI is InChI=1S/C21H22FN3O4S2/c22-14-6-5-7-15(12-14)24-31(28,29)16-8-9-18-17(13-16)23-20(26)19(30-18)21(27)25-10-3-1-2-4-11-25/h5-9,12-13,19,24H,1-4,10-11H2,(H,23,26). The zero-order valence-corrected chi connectivity index (χ0v) is 18.3. The first-order chi connectivity index (χ1) is 14.8. The Kier molecular flexibility index (Phi) is 6.19. The van der Waals surface area contributed by atoms with E-state index in [1.165, 1.54) is 30.3 Å². The Morgan fingerprint density at radius 1 is 1.10 bits per heavy atom. The van der Waals surface area contributed by atoms with E-state index in [0.717, 1.165) is 43.5 Å². The molecule has 4 rings (SSSR count). The number of hydrogen-bond acceptors (Lipinski definition) is 5. The van der Waals surface area contributed by atoms with Crippen molar-refractivity contribution in [2.75, 3.05) is 23.1 Å². The first-order valence-electron chi connectivity index (χ1n) is 10.0. The van der Waals surface area contributed by atoms with Gasteiger partial charge in [0, 0.05) is 18.0 Å². The molecule has 0 aromatic heterocycles. The molecule has 0 radical (unpaired) electrons. The highest BCUT2D eigenvalue weighted by atomic mass is 32.2. The number of benzene rings is 2. The van der Waals surface area contributed by atoms with E-state index in [2.05, 4.69) is 10.0 Å². The van der Waals surface area contributed by atoms with Crippen molar-refractivity contribution >= 4 is 45.0 Å². The Bertz CT molecular complexity index is 1120. The number of halogens is 1. The molecule has 2 aromatic rings. The van der Waals surface area contributed by atoms with Gasteiger partial charge in [-0.05, 0) is 49.2 Å². The number of sulfonamides is 1. The second kappa shape index (κ2) is 8.88. The molecule has 1 fully saturated rings. The minimum Gasteiger partial charge on any atom is -0.341 e. The molecule has 2 amide bonds. The number of nitrogens with zero attached hydrogens (tertiary/aromatic N) is 1. The number of anilines is 2. The summed E-state index contributed by atoms with van der Waals surface area (Å²) in [4.78, 5) is 27.8. The Hall–Kier alpha value is -2.59. The van der Waals surface area contributed by atoms with Crippen LogP contribution < -0.4 is 10.0 Å². The molecule has 164 valence electrons. The van der Waals surface area contributed by atoms with Crippen molar-refractivity contribution in [3.8, 4) is 0 Å². The zero-order chi connectivity index (χ0) is 22.0. The summed E-state index contributed by atoms with van der Waals surface area (Å²) in [6, 6.07) is 9.45. The minimum atomic E-state index is -3.98. The van der Waals surface area contributed by atoms with Crippen LogP contribution in [0.15, 0.2) is 52.3 Å². The van der Waals surface area contributed by atoms with Crippen LogP contribution in [-0.2, 0) is 19.6 Å². The largest absolute Gasteiger partial charge is 0.341 e. The fourth-order valence-corrected chi connectivity index (χ4v) is 5.77. The maximum absolute atomic E-state index is 13.4. The summed E-state index contributed by atoms with van der Waals surface area (Å²) in [6.07, 6.45) is 4.02. The second-order valence-electron chi connectivity index (χ2n) is 7.50. The number of likely N-dealkylation sites (tertiary alicyclic amines) is 1. The Morgan fingerprint density at radius 2 is 1.84 bits per heavy atom. The summed E-state index contributed by atoms with van der Waals surface area (Å²) in [5, 5.41) is 1.78. The molecule has 1 atom stereocenters. The van der Waals surface area contributed by atoms with Crippen molar-refractivity contribution < 1.29 is 22.4 Å². The lowest BCUT2D eigenvalue weighted by atomic mass is 10.2. The molecule has 2 aromatic carbocycles. The monoisotopic (exact) mass is 463 g/mol. The number of hydrogen-bond donors (Lipinski definition) is 2. The number of carbonyl (C=O) groups is 2. The lowest BCUT2D eigenvalue weighted by molar-refractivity contribution is -0.133. The fraction of sp³-hybridized carbons (Fsp3) is 0.333. The third kappa shape index (κ3) is 4.85. The minimum absolute atomic E-state index is 0.0753. The van der Waals surface area contributed by atoms with E-state index >= 15 is 0 Å². The van der Waals surface area contributed by atoms with Gasteiger partial charge in [-0.1, -0.05) is 18.9 Å². The molecule has 10 heteroatoms. The van der Waals surface area contributed by atoms with Crippen LogP contribution in [0, 0.1) is 5.82 Å². The normalized spacial score (nSPS) is 19.2. The highest BCUT2D eigenvalue weighted by Crippen LogP contribution is 2.38. The average molecular weight is 464 g/mol. The maximum atomic E-state index is 13.4. The third-order valence-electron chi connectivity index (χ3n) is 5.22. The van der Waals surface area contributed by atoms with Gasteiger partial charge in [0.05, 0.1) is 16.3 Å². The van der Waals surface area contributed by atoms with E-state index in [-0.39, 0.29) is 16.5 Å². The van der Waals surface area contributed by atoms with Crippen LogP contribution in [0.1, 0.15) is 25.7 Å². The highest BCUT2D eigenvalue weighted by molar-refractivity contribution is 8.01. The van der Waals surface area contributed by atoms with Gasteiger partial charge in [-0.2, -0.15) is 0 Å². The average Bonchev–Trinajstić information content (AvgIpc) is 3.01. The molecular formula is C21H22FN3O4S2. The third-order valence-corrected chi connectivity index (χ3v) is 7.86. The smallest absolute Gasteiger partial charge is 0.261 e. The van der Waals surface area contributed by atoms with Crippen LogP contribution in [-0.4, -0.2) is 43.5 Å². The van der Waals surface area contributed by atoms with E-state index in [9.17, 15) is 22.4 Å². The maximum Gasteiger partial charge on any atom is 0.261 e. The Balaban J connectivity index is 1.53. The summed E-state index contributed by atoms with van der Waals surface area (Å²) >= 11 is 1.13. The topological polar surface area (TPSA) is 95.6 Å². The zero-order valence-electron chi connectivity index (χ0n) is 16.6. The summed E-state index contributed by atoms with van der Waals surface area (Å²) in [7, 11) is -3.98. The van der Waals surface area contributed by atoms with Gasteiger partial charge < -0.3 is 10.2 Å². The molecular weight excluding hydrogens is 441 g/mol. The van der Waals surface area contributed by atoms with Crippen LogP contribution in [0.25, 0.3) is 0 Å². The van der Waals surface area contributed by atoms with E-state index in [1.54, 1.807) is 11.0 Å². The molecule has 1 saturated heterocycles. The van der Waals surface area contributed by atoms with Gasteiger partial charge in [0.2, 0.25) is 11.8 Å². The van der Waals surface area contributed by atoms with Gasteiger partial charge in [-0.25, -0.2) is 12.8 Å². The predicted molar refractivity (Wildman–Crippen MR) is 117 cm³/mol. The Labute approximate surface area is 184 Å². The number of carbonyl (C=O) groups excluding carboxylic acids is 2. The first-order valence-corrected chi connectivity index (χ1v) is 12.4. The van der Waals surface area contributed by atoms with Gasteiger partial charge in [-0.15, -0.1) is 11.8 Å². The van der Waals surface area contributed by atoms with Gasteiger partial charge in [-0.3, -0.25) is 14.3 Å². The van der Waals surface area contributed by atoms with Crippen LogP contribution in [0.3, 0.4) is 0 Å². The molecule has 2 N–H and O–H groups in total. The van der Waals surface area contributed by atoms with Crippen molar-refractivity contribution in [3.05, 3.63) is 48.3 Å². The van der Waals surface area contributed by atoms with Gasteiger partial charge in [0.15, 0.2) is 5.25 Å². The van der Waals surface area contributed by atoms with Crippen molar-refractivity contribution in [2.45, 2.75) is 40.7 Å². The van der Waals surface area contributed by atoms with Crippen LogP contribution in [0.5, 0.6) is 0 Å². The number of amides is 2. The van der Waals surface area contributed by atoms with E-state index in [4.69, 9.17) is 0 Å². The van der Waals surface area contributed by atoms with Crippen LogP contribution in [0.4, 0.5) is 15.8 Å². The lowest BCUT2D eigenvalue weighted by Crippen LogP contribution is -2.45. The molecule has 0 spiro atoms. The van der Waals surface area contributed by atoms with E-state index in [1.807, 2.05) is 0 Å². The second-order valence-corrected chi connectivity index (χ2v) is 10.3. The highest BCUT2D eigenvalue weighted by Gasteiger charge is 2.36. The predicted octanol–water partition coefficient (Wildman–Crippen LogP) is 3.44. The van der Waals surface area contributed by atoms with Crippen molar-refractivity contribution in [3.63, 3.8) is 0 Å². The number of thioether (sulfide) groups is 1. The Morgan fingerprint density at radius 3 is 2.55 bits per heavy atom. The van der Waals surface area contributed by atoms with Crippen molar-refractivity contribution in [1.29, 1.82) is 0 Å². The van der Waals surface area contributed by atoms with Gasteiger partial charge in [0.25, 0.3) is 10.0 Å². The molecule has 0 aliphatic carbocycles. The molecule has 0 saturated carbocycles. The van der Waals surface area contributed by atoms with E-state index < -0.39 is 27.0 Å². The van der Waals surface area contributed by atoms with E-state index in [0.29, 0.717) is 23.7 Å². The number of nitrogens with one attached hydrogen (secondary N) is 2. The lowest BCUT2D eigenvalue weighted by Gasteiger charge is -2.28. The summed E-state index contributed by atoms with van der Waals surface area (Å²) in [6.45, 7) is 1.30. The number of rotatable bonds is 4. The first kappa shape index (κ1) is 21.6. The van der Waals surface area contributed by atoms with Crippen molar-refractivity contribution in [2.24, 2.45) is 0 Å². The molecule has 0 bridgehead atoms. The van der Waals surface area contributed by atoms with Crippen LogP contribution in [0.2, 0.25) is 0 Å². The van der Waals surface area contributed by atoms with Gasteiger partial charge in [0.1, 0.15) is 5.82 Å². The molecule has 31 heavy (non-hydrogen) atoms. The molecule has 2 aliphatic rings. The molecule has 7 nitrogen and oxygen atoms in total. The molecule has 2 heterocycles. The van der Waals surface area contributed by atoms with Gasteiger partial charge >= 0.3 is 0 Å². The van der Waals surface area contributed by atoms with Crippen molar-refractivity contribution in [1.82, 2.24) is 4.90 Å². The fourth-order valence-electron chi connectivity index (χ4n) is 3.64. The number of fused-ring (bicyclic) bond motifs is 1. The summed E-state index contributed by atoms with van der Waals surface area (Å²) < 4.78 is 41.0. The molecule has 1 unspecified atom stereocenters. The SMILES string of the molecule is O=C1Nc2cc(S(=O)(=O)Nc3cccc(F)c3)ccc2SC1C(=O)N1CCCCCC1. The summed E-state index contributed by atoms with van der Waals surface area (Å²) in [5.41, 5.74) is 0.427. The molecule has 2 aliphatic heterocycles.